The minimum Gasteiger partial charge on any atom is -0.463 e. The summed E-state index contributed by atoms with van der Waals surface area (Å²) in [6.07, 6.45) is 2.65. The van der Waals surface area contributed by atoms with Crippen LogP contribution in [-0.2, 0) is 4.74 Å². The number of nitrogens with zero attached hydrogens (tertiary/aromatic N) is 1. The molecule has 1 aromatic rings. The summed E-state index contributed by atoms with van der Waals surface area (Å²) in [6, 6.07) is 4.24. The van der Waals surface area contributed by atoms with Gasteiger partial charge in [-0.3, -0.25) is 4.90 Å². The van der Waals surface area contributed by atoms with Crippen molar-refractivity contribution in [3.05, 3.63) is 23.7 Å². The normalized spacial score (nSPS) is 18.7. The van der Waals surface area contributed by atoms with E-state index in [0.29, 0.717) is 6.04 Å². The van der Waals surface area contributed by atoms with Crippen LogP contribution >= 0.6 is 0 Å². The van der Waals surface area contributed by atoms with E-state index < -0.39 is 5.97 Å². The molecule has 2 unspecified atom stereocenters. The first-order valence-electron chi connectivity index (χ1n) is 6.44. The zero-order chi connectivity index (χ0) is 13.3. The van der Waals surface area contributed by atoms with Crippen molar-refractivity contribution in [2.24, 2.45) is 5.92 Å². The maximum Gasteiger partial charge on any atom is 0.373 e. The number of methoxy groups -OCH3 is 1. The molecule has 0 aliphatic heterocycles. The van der Waals surface area contributed by atoms with Gasteiger partial charge in [-0.25, -0.2) is 4.79 Å². The maximum absolute atomic E-state index is 11.3. The fourth-order valence-corrected chi connectivity index (χ4v) is 2.25. The Bertz CT molecular complexity index is 422. The van der Waals surface area contributed by atoms with Crippen LogP contribution in [0, 0.1) is 5.92 Å². The molecule has 1 heterocycles. The molecular formula is C14H21NO3. The molecule has 1 fully saturated rings. The highest BCUT2D eigenvalue weighted by molar-refractivity contribution is 5.86. The summed E-state index contributed by atoms with van der Waals surface area (Å²) in [7, 11) is 3.46. The van der Waals surface area contributed by atoms with Crippen LogP contribution < -0.4 is 0 Å². The van der Waals surface area contributed by atoms with Crippen LogP contribution in [0.4, 0.5) is 0 Å². The molecule has 4 heteroatoms. The van der Waals surface area contributed by atoms with Gasteiger partial charge in [0, 0.05) is 6.04 Å². The largest absolute Gasteiger partial charge is 0.463 e. The first-order chi connectivity index (χ1) is 8.54. The predicted octanol–water partition coefficient (Wildman–Crippen LogP) is 2.86. The smallest absolute Gasteiger partial charge is 0.373 e. The molecule has 100 valence electrons. The van der Waals surface area contributed by atoms with Gasteiger partial charge in [-0.05, 0) is 51.8 Å². The van der Waals surface area contributed by atoms with E-state index in [1.165, 1.54) is 20.0 Å². The van der Waals surface area contributed by atoms with Crippen LogP contribution in [-0.4, -0.2) is 31.1 Å². The third-order valence-electron chi connectivity index (χ3n) is 3.98. The number of carbonyl (C=O) groups excluding carboxylic acids is 1. The first-order valence-corrected chi connectivity index (χ1v) is 6.44. The standard InChI is InChI=1S/C14H21NO3/c1-9(11-5-6-11)15(3)10(2)12-7-8-13(18-12)14(16)17-4/h7-11H,5-6H2,1-4H3. The van der Waals surface area contributed by atoms with Crippen LogP contribution in [0.2, 0.25) is 0 Å². The number of hydrogen-bond donors (Lipinski definition) is 0. The third kappa shape index (κ3) is 2.58. The molecule has 0 amide bonds. The summed E-state index contributed by atoms with van der Waals surface area (Å²) in [5.41, 5.74) is 0. The number of rotatable bonds is 5. The summed E-state index contributed by atoms with van der Waals surface area (Å²) >= 11 is 0. The highest BCUT2D eigenvalue weighted by atomic mass is 16.5. The number of furan rings is 1. The van der Waals surface area contributed by atoms with Crippen LogP contribution in [0.3, 0.4) is 0 Å². The Morgan fingerprint density at radius 2 is 2.11 bits per heavy atom. The molecule has 18 heavy (non-hydrogen) atoms. The summed E-state index contributed by atoms with van der Waals surface area (Å²) in [5, 5.41) is 0. The fraction of sp³-hybridized carbons (Fsp3) is 0.643. The van der Waals surface area contributed by atoms with Gasteiger partial charge in [-0.1, -0.05) is 0 Å². The lowest BCUT2D eigenvalue weighted by atomic mass is 10.1. The van der Waals surface area contributed by atoms with E-state index in [4.69, 9.17) is 4.42 Å². The van der Waals surface area contributed by atoms with Crippen molar-refractivity contribution in [1.29, 1.82) is 0 Å². The first kappa shape index (κ1) is 13.1. The van der Waals surface area contributed by atoms with Gasteiger partial charge in [-0.2, -0.15) is 0 Å². The highest BCUT2D eigenvalue weighted by Crippen LogP contribution is 2.37. The Hall–Kier alpha value is -1.29. The number of ether oxygens (including phenoxy) is 1. The van der Waals surface area contributed by atoms with Crippen molar-refractivity contribution in [3.63, 3.8) is 0 Å². The topological polar surface area (TPSA) is 42.7 Å². The molecule has 0 aromatic carbocycles. The SMILES string of the molecule is COC(=O)c1ccc(C(C)N(C)C(C)C2CC2)o1. The molecule has 1 aliphatic rings. The van der Waals surface area contributed by atoms with Crippen LogP contribution in [0.1, 0.15) is 49.0 Å². The molecule has 4 nitrogen and oxygen atoms in total. The Morgan fingerprint density at radius 3 is 2.67 bits per heavy atom. The minimum absolute atomic E-state index is 0.166. The van der Waals surface area contributed by atoms with Crippen LogP contribution in [0.15, 0.2) is 16.5 Å². The van der Waals surface area contributed by atoms with Gasteiger partial charge < -0.3 is 9.15 Å². The monoisotopic (exact) mass is 251 g/mol. The van der Waals surface area contributed by atoms with Crippen molar-refractivity contribution >= 4 is 5.97 Å². The number of hydrogen-bond acceptors (Lipinski definition) is 4. The lowest BCUT2D eigenvalue weighted by Crippen LogP contribution is -2.33. The lowest BCUT2D eigenvalue weighted by Gasteiger charge is -2.29. The summed E-state index contributed by atoms with van der Waals surface area (Å²) in [6.45, 7) is 4.34. The molecule has 0 spiro atoms. The Balaban J connectivity index is 2.05. The Morgan fingerprint density at radius 1 is 1.44 bits per heavy atom. The Labute approximate surface area is 108 Å². The molecule has 2 rings (SSSR count). The zero-order valence-electron chi connectivity index (χ0n) is 11.5. The van der Waals surface area contributed by atoms with Gasteiger partial charge in [0.25, 0.3) is 0 Å². The Kier molecular flexibility index (Phi) is 3.76. The summed E-state index contributed by atoms with van der Waals surface area (Å²) in [5.74, 6) is 1.47. The molecule has 1 aromatic heterocycles. The van der Waals surface area contributed by atoms with Gasteiger partial charge in [-0.15, -0.1) is 0 Å². The molecule has 0 N–H and O–H groups in total. The fourth-order valence-electron chi connectivity index (χ4n) is 2.25. The molecule has 0 radical (unpaired) electrons. The van der Waals surface area contributed by atoms with E-state index in [1.54, 1.807) is 6.07 Å². The van der Waals surface area contributed by atoms with Gasteiger partial charge >= 0.3 is 5.97 Å². The molecule has 0 saturated heterocycles. The molecule has 1 aliphatic carbocycles. The second-order valence-electron chi connectivity index (χ2n) is 5.11. The predicted molar refractivity (Wildman–Crippen MR) is 68.4 cm³/mol. The average Bonchev–Trinajstić information content (AvgIpc) is 3.12. The van der Waals surface area contributed by atoms with E-state index >= 15 is 0 Å². The van der Waals surface area contributed by atoms with Crippen LogP contribution in [0.25, 0.3) is 0 Å². The minimum atomic E-state index is -0.425. The number of carbonyl (C=O) groups is 1. The van der Waals surface area contributed by atoms with Gasteiger partial charge in [0.2, 0.25) is 5.76 Å². The van der Waals surface area contributed by atoms with Gasteiger partial charge in [0.15, 0.2) is 0 Å². The van der Waals surface area contributed by atoms with E-state index in [-0.39, 0.29) is 11.8 Å². The molecule has 2 atom stereocenters. The molecule has 0 bridgehead atoms. The maximum atomic E-state index is 11.3. The van der Waals surface area contributed by atoms with Gasteiger partial charge in [0.05, 0.1) is 13.2 Å². The van der Waals surface area contributed by atoms with Crippen molar-refractivity contribution in [1.82, 2.24) is 4.90 Å². The lowest BCUT2D eigenvalue weighted by molar-refractivity contribution is 0.0558. The van der Waals surface area contributed by atoms with E-state index in [0.717, 1.165) is 11.7 Å². The van der Waals surface area contributed by atoms with Crippen molar-refractivity contribution in [2.75, 3.05) is 14.2 Å². The third-order valence-corrected chi connectivity index (χ3v) is 3.98. The average molecular weight is 251 g/mol. The van der Waals surface area contributed by atoms with E-state index in [2.05, 4.69) is 30.5 Å². The summed E-state index contributed by atoms with van der Waals surface area (Å²) < 4.78 is 10.2. The van der Waals surface area contributed by atoms with E-state index in [9.17, 15) is 4.79 Å². The quantitative estimate of drug-likeness (QED) is 0.755. The second kappa shape index (κ2) is 5.14. The van der Waals surface area contributed by atoms with Gasteiger partial charge in [0.1, 0.15) is 5.76 Å². The zero-order valence-corrected chi connectivity index (χ0v) is 11.5. The molecular weight excluding hydrogens is 230 g/mol. The molecule has 1 saturated carbocycles. The number of esters is 1. The van der Waals surface area contributed by atoms with Crippen molar-refractivity contribution in [2.45, 2.75) is 38.8 Å². The van der Waals surface area contributed by atoms with E-state index in [1.807, 2.05) is 6.07 Å². The van der Waals surface area contributed by atoms with Crippen molar-refractivity contribution < 1.29 is 13.9 Å². The van der Waals surface area contributed by atoms with Crippen LogP contribution in [0.5, 0.6) is 0 Å². The second-order valence-corrected chi connectivity index (χ2v) is 5.11. The summed E-state index contributed by atoms with van der Waals surface area (Å²) in [4.78, 5) is 13.6. The highest BCUT2D eigenvalue weighted by Gasteiger charge is 2.33. The van der Waals surface area contributed by atoms with Crippen molar-refractivity contribution in [3.8, 4) is 0 Å².